The van der Waals surface area contributed by atoms with Crippen molar-refractivity contribution in [2.24, 2.45) is 46.3 Å². The lowest BCUT2D eigenvalue weighted by molar-refractivity contribution is -0.367. The highest BCUT2D eigenvalue weighted by atomic mass is 16.8. The van der Waals surface area contributed by atoms with Gasteiger partial charge in [-0.2, -0.15) is 0 Å². The van der Waals surface area contributed by atoms with Crippen molar-refractivity contribution < 1.29 is 43.7 Å². The van der Waals surface area contributed by atoms with E-state index in [9.17, 15) is 15.3 Å². The molecule has 3 aliphatic heterocycles. The van der Waals surface area contributed by atoms with Crippen molar-refractivity contribution >= 4 is 0 Å². The average Bonchev–Trinajstić information content (AvgIpc) is 3.61. The predicted molar refractivity (Wildman–Crippen MR) is 186 cm³/mol. The Morgan fingerprint density at radius 2 is 1.78 bits per heavy atom. The van der Waals surface area contributed by atoms with Gasteiger partial charge in [-0.25, -0.2) is 0 Å². The fraction of sp³-hybridized carbons (Fsp3) is 0.805. The van der Waals surface area contributed by atoms with Gasteiger partial charge in [0.05, 0.1) is 32.0 Å². The smallest absolute Gasteiger partial charge is 0.186 e. The molecule has 4 aliphatic carbocycles. The van der Waals surface area contributed by atoms with Crippen LogP contribution in [-0.2, 0) is 23.7 Å². The normalized spacial score (nSPS) is 48.8. The first-order chi connectivity index (χ1) is 24.0. The maximum atomic E-state index is 11.2. The van der Waals surface area contributed by atoms with Crippen LogP contribution < -0.4 is 4.74 Å². The van der Waals surface area contributed by atoms with Crippen LogP contribution in [0, 0.1) is 46.3 Å². The number of rotatable bonds is 8. The minimum absolute atomic E-state index is 0.0776. The summed E-state index contributed by atoms with van der Waals surface area (Å²) < 4.78 is 37.0. The first-order valence-corrected chi connectivity index (χ1v) is 19.6. The highest BCUT2D eigenvalue weighted by Gasteiger charge is 2.65. The second kappa shape index (κ2) is 13.7. The van der Waals surface area contributed by atoms with Gasteiger partial charge in [-0.05, 0) is 116 Å². The molecule has 17 atom stereocenters. The molecule has 8 rings (SSSR count). The number of aliphatic hydroxyl groups excluding tert-OH is 3. The molecule has 50 heavy (non-hydrogen) atoms. The van der Waals surface area contributed by atoms with Gasteiger partial charge in [0, 0.05) is 12.2 Å². The molecule has 3 saturated carbocycles. The van der Waals surface area contributed by atoms with E-state index in [0.29, 0.717) is 53.1 Å². The van der Waals surface area contributed by atoms with E-state index in [0.717, 1.165) is 49.8 Å². The first-order valence-electron chi connectivity index (χ1n) is 19.6. The first kappa shape index (κ1) is 35.5. The topological polar surface area (TPSA) is 116 Å². The molecule has 3 N–H and O–H groups in total. The number of ether oxygens (including phenoxy) is 6. The summed E-state index contributed by atoms with van der Waals surface area (Å²) in [4.78, 5) is 0. The zero-order valence-electron chi connectivity index (χ0n) is 30.6. The van der Waals surface area contributed by atoms with E-state index in [1.807, 2.05) is 24.3 Å². The summed E-state index contributed by atoms with van der Waals surface area (Å²) in [6.07, 6.45) is 7.72. The molecule has 0 aromatic heterocycles. The number of hydrogen-bond acceptors (Lipinski definition) is 9. The van der Waals surface area contributed by atoms with E-state index in [1.54, 1.807) is 7.11 Å². The maximum Gasteiger partial charge on any atom is 0.186 e. The molecule has 0 amide bonds. The summed E-state index contributed by atoms with van der Waals surface area (Å²) in [5, 5.41) is 31.9. The van der Waals surface area contributed by atoms with Crippen LogP contribution in [-0.4, -0.2) is 84.7 Å². The number of methoxy groups -OCH3 is 1. The summed E-state index contributed by atoms with van der Waals surface area (Å²) >= 11 is 0. The highest BCUT2D eigenvalue weighted by Crippen LogP contribution is 2.69. The van der Waals surface area contributed by atoms with Crippen LogP contribution >= 0.6 is 0 Å². The maximum absolute atomic E-state index is 11.2. The summed E-state index contributed by atoms with van der Waals surface area (Å²) in [5.41, 5.74) is 2.82. The predicted octanol–water partition coefficient (Wildman–Crippen LogP) is 5.94. The van der Waals surface area contributed by atoms with E-state index in [2.05, 4.69) is 33.8 Å². The second-order valence-electron chi connectivity index (χ2n) is 17.6. The number of hydrogen-bond donors (Lipinski definition) is 3. The third-order valence-electron chi connectivity index (χ3n) is 15.0. The van der Waals surface area contributed by atoms with Crippen molar-refractivity contribution in [2.45, 2.75) is 141 Å². The molecule has 278 valence electrons. The molecule has 3 saturated heterocycles. The Morgan fingerprint density at radius 1 is 0.980 bits per heavy atom. The minimum atomic E-state index is -1.22. The van der Waals surface area contributed by atoms with Gasteiger partial charge in [-0.1, -0.05) is 51.5 Å². The summed E-state index contributed by atoms with van der Waals surface area (Å²) in [6, 6.07) is 7.44. The Bertz CT molecular complexity index is 1380. The Kier molecular flexibility index (Phi) is 9.71. The van der Waals surface area contributed by atoms with Gasteiger partial charge in [0.25, 0.3) is 0 Å². The Morgan fingerprint density at radius 3 is 2.54 bits per heavy atom. The molecule has 9 heteroatoms. The summed E-state index contributed by atoms with van der Waals surface area (Å²) in [7, 11) is 1.62. The molecular formula is C41H60O9. The second-order valence-corrected chi connectivity index (χ2v) is 17.6. The molecule has 6 fully saturated rings. The number of aliphatic hydroxyl groups is 3. The van der Waals surface area contributed by atoms with Gasteiger partial charge in [-0.15, -0.1) is 0 Å². The summed E-state index contributed by atoms with van der Waals surface area (Å²) in [5.74, 6) is 4.35. The lowest BCUT2D eigenvalue weighted by Crippen LogP contribution is -2.62. The largest absolute Gasteiger partial charge is 0.497 e. The quantitative estimate of drug-likeness (QED) is 0.284. The van der Waals surface area contributed by atoms with Crippen molar-refractivity contribution in [2.75, 3.05) is 20.3 Å². The van der Waals surface area contributed by atoms with E-state index < -0.39 is 37.0 Å². The summed E-state index contributed by atoms with van der Waals surface area (Å²) in [6.45, 7) is 10.2. The molecule has 0 bridgehead atoms. The van der Waals surface area contributed by atoms with E-state index >= 15 is 0 Å². The number of allylic oxidation sites excluding steroid dienone is 1. The van der Waals surface area contributed by atoms with Gasteiger partial charge in [-0.3, -0.25) is 0 Å². The molecule has 7 aliphatic rings. The SMILES string of the molecule is COc1ccc(C2OCC3OC(OC4CCC5(C)C(=CCC6C5CCC5(C)C6CC6OC(CCC(C)CO)C(C)C65)C4)C(O)C(O)C3O2)cc1. The Balaban J connectivity index is 0.893. The van der Waals surface area contributed by atoms with Crippen molar-refractivity contribution in [1.82, 2.24) is 0 Å². The van der Waals surface area contributed by atoms with Crippen LogP contribution in [0.2, 0.25) is 0 Å². The van der Waals surface area contributed by atoms with Crippen molar-refractivity contribution in [3.8, 4) is 5.75 Å². The lowest BCUT2D eigenvalue weighted by Gasteiger charge is -2.58. The van der Waals surface area contributed by atoms with Crippen LogP contribution in [0.25, 0.3) is 0 Å². The lowest BCUT2D eigenvalue weighted by atomic mass is 9.47. The standard InChI is InChI=1S/C41H60O9/c1-22(20-42)6-13-31-23(2)34-32(48-31)19-30-28-12-9-25-18-27(14-16-40(25,3)29(28)15-17-41(30,34)4)47-39-36(44)35(43)37-33(49-39)21-46-38(50-37)24-7-10-26(45-5)11-8-24/h7-11,22-23,27-39,42-44H,6,12-21H2,1-5H3. The van der Waals surface area contributed by atoms with Crippen LogP contribution in [0.1, 0.15) is 97.3 Å². The van der Waals surface area contributed by atoms with E-state index in [1.165, 1.54) is 24.8 Å². The van der Waals surface area contributed by atoms with Crippen molar-refractivity contribution in [3.05, 3.63) is 41.5 Å². The molecule has 17 unspecified atom stereocenters. The molecule has 1 aromatic carbocycles. The van der Waals surface area contributed by atoms with Gasteiger partial charge in [0.15, 0.2) is 12.6 Å². The third kappa shape index (κ3) is 5.90. The third-order valence-corrected chi connectivity index (χ3v) is 15.0. The van der Waals surface area contributed by atoms with Crippen LogP contribution in [0.15, 0.2) is 35.9 Å². The van der Waals surface area contributed by atoms with Crippen LogP contribution in [0.3, 0.4) is 0 Å². The van der Waals surface area contributed by atoms with Crippen molar-refractivity contribution in [3.63, 3.8) is 0 Å². The van der Waals surface area contributed by atoms with Gasteiger partial charge < -0.3 is 43.7 Å². The zero-order chi connectivity index (χ0) is 34.9. The molecule has 0 spiro atoms. The van der Waals surface area contributed by atoms with E-state index in [-0.39, 0.29) is 24.7 Å². The Hall–Kier alpha value is -1.56. The van der Waals surface area contributed by atoms with Gasteiger partial charge >= 0.3 is 0 Å². The van der Waals surface area contributed by atoms with Gasteiger partial charge in [0.1, 0.15) is 30.2 Å². The minimum Gasteiger partial charge on any atom is -0.497 e. The fourth-order valence-electron chi connectivity index (χ4n) is 12.1. The van der Waals surface area contributed by atoms with Crippen LogP contribution in [0.4, 0.5) is 0 Å². The van der Waals surface area contributed by atoms with Crippen molar-refractivity contribution in [1.29, 1.82) is 0 Å². The van der Waals surface area contributed by atoms with Crippen LogP contribution in [0.5, 0.6) is 5.75 Å². The Labute approximate surface area is 298 Å². The molecule has 0 radical (unpaired) electrons. The highest BCUT2D eigenvalue weighted by molar-refractivity contribution is 5.28. The monoisotopic (exact) mass is 696 g/mol. The number of benzene rings is 1. The average molecular weight is 697 g/mol. The zero-order valence-corrected chi connectivity index (χ0v) is 30.6. The molecule has 1 aromatic rings. The molecule has 9 nitrogen and oxygen atoms in total. The van der Waals surface area contributed by atoms with Gasteiger partial charge in [0.2, 0.25) is 0 Å². The number of fused-ring (bicyclic) bond motifs is 8. The molecule has 3 heterocycles. The molecular weight excluding hydrogens is 636 g/mol. The van der Waals surface area contributed by atoms with E-state index in [4.69, 9.17) is 28.4 Å². The fourth-order valence-corrected chi connectivity index (χ4v) is 12.1.